The molecule has 0 fully saturated rings. The average Bonchev–Trinajstić information content (AvgIpc) is 3.31. The first kappa shape index (κ1) is 33.4. The zero-order chi connectivity index (χ0) is 28.7. The summed E-state index contributed by atoms with van der Waals surface area (Å²) < 4.78 is 56.6. The van der Waals surface area contributed by atoms with Crippen molar-refractivity contribution in [2.24, 2.45) is 0 Å². The average molecular weight is 598 g/mol. The number of nitrogens with zero attached hydrogens (tertiary/aromatic N) is 3. The molecule has 0 aliphatic carbocycles. The van der Waals surface area contributed by atoms with Crippen LogP contribution in [-0.2, 0) is 36.1 Å². The molecule has 0 saturated carbocycles. The van der Waals surface area contributed by atoms with Crippen LogP contribution in [0.2, 0.25) is 0 Å². The first-order valence-electron chi connectivity index (χ1n) is 11.5. The smallest absolute Gasteiger partial charge is 0.546 e. The van der Waals surface area contributed by atoms with Gasteiger partial charge >= 0.3 is 29.6 Å². The SMILES string of the molecule is COC.COc1c(C)cnc(CS(=O)c2nc3ccccc3n2S(=O)(=O)c2ccc(OCC(=O)[O-])cc2)c1C.[Na+]. The summed E-state index contributed by atoms with van der Waals surface area (Å²) in [5.74, 6) is -0.692. The molecule has 0 N–H and O–H groups in total. The maximum absolute atomic E-state index is 13.7. The summed E-state index contributed by atoms with van der Waals surface area (Å²) >= 11 is 0. The number of carbonyl (C=O) groups excluding carboxylic acids is 1. The van der Waals surface area contributed by atoms with Crippen LogP contribution in [0.15, 0.2) is 64.8 Å². The summed E-state index contributed by atoms with van der Waals surface area (Å²) in [5, 5.41) is 10.5. The summed E-state index contributed by atoms with van der Waals surface area (Å²) in [7, 11) is -1.33. The van der Waals surface area contributed by atoms with Crippen LogP contribution >= 0.6 is 0 Å². The number of pyridine rings is 1. The molecule has 11 nitrogen and oxygen atoms in total. The topological polar surface area (TPSA) is 150 Å². The van der Waals surface area contributed by atoms with Crippen molar-refractivity contribution in [1.82, 2.24) is 13.9 Å². The molecule has 2 aromatic heterocycles. The van der Waals surface area contributed by atoms with Crippen LogP contribution < -0.4 is 44.1 Å². The number of fused-ring (bicyclic) bond motifs is 1. The number of imidazole rings is 1. The van der Waals surface area contributed by atoms with Gasteiger partial charge in [-0.05, 0) is 50.2 Å². The Morgan fingerprint density at radius 3 is 2.27 bits per heavy atom. The summed E-state index contributed by atoms with van der Waals surface area (Å²) in [5.41, 5.74) is 2.67. The van der Waals surface area contributed by atoms with Gasteiger partial charge in [0.25, 0.3) is 10.0 Å². The predicted octanol–water partition coefficient (Wildman–Crippen LogP) is -1.00. The summed E-state index contributed by atoms with van der Waals surface area (Å²) in [6, 6.07) is 11.8. The van der Waals surface area contributed by atoms with Crippen molar-refractivity contribution in [1.29, 1.82) is 0 Å². The number of methoxy groups -OCH3 is 2. The minimum Gasteiger partial charge on any atom is -0.546 e. The van der Waals surface area contributed by atoms with Gasteiger partial charge in [0.2, 0.25) is 5.16 Å². The first-order valence-corrected chi connectivity index (χ1v) is 14.2. The van der Waals surface area contributed by atoms with Gasteiger partial charge in [0, 0.05) is 31.5 Å². The molecular weight excluding hydrogens is 569 g/mol. The van der Waals surface area contributed by atoms with Gasteiger partial charge in [-0.1, -0.05) is 12.1 Å². The third kappa shape index (κ3) is 7.47. The molecule has 0 radical (unpaired) electrons. The second-order valence-corrected chi connectivity index (χ2v) is 11.4. The quantitative estimate of drug-likeness (QED) is 0.220. The van der Waals surface area contributed by atoms with Gasteiger partial charge in [-0.25, -0.2) is 17.4 Å². The van der Waals surface area contributed by atoms with Crippen LogP contribution in [-0.4, -0.2) is 60.5 Å². The molecule has 1 unspecified atom stereocenters. The zero-order valence-electron chi connectivity index (χ0n) is 23.0. The molecule has 1 atom stereocenters. The van der Waals surface area contributed by atoms with Crippen molar-refractivity contribution in [2.75, 3.05) is 27.9 Å². The van der Waals surface area contributed by atoms with E-state index in [0.29, 0.717) is 22.5 Å². The Bertz CT molecular complexity index is 1610. The Hall–Kier alpha value is -2.81. The van der Waals surface area contributed by atoms with E-state index in [-0.39, 0.29) is 56.6 Å². The second-order valence-electron chi connectivity index (χ2n) is 8.23. The largest absolute Gasteiger partial charge is 1.00 e. The van der Waals surface area contributed by atoms with E-state index in [1.165, 1.54) is 31.4 Å². The molecule has 0 aliphatic heterocycles. The Morgan fingerprint density at radius 1 is 1.05 bits per heavy atom. The number of aromatic nitrogens is 3. The van der Waals surface area contributed by atoms with Crippen LogP contribution in [0, 0.1) is 13.8 Å². The van der Waals surface area contributed by atoms with E-state index >= 15 is 0 Å². The van der Waals surface area contributed by atoms with E-state index in [2.05, 4.69) is 14.7 Å². The van der Waals surface area contributed by atoms with Gasteiger partial charge in [0.15, 0.2) is 0 Å². The van der Waals surface area contributed by atoms with Crippen molar-refractivity contribution in [3.63, 3.8) is 0 Å². The van der Waals surface area contributed by atoms with Gasteiger partial charge < -0.3 is 24.1 Å². The molecule has 40 heavy (non-hydrogen) atoms. The summed E-state index contributed by atoms with van der Waals surface area (Å²) in [4.78, 5) is 19.2. The van der Waals surface area contributed by atoms with Gasteiger partial charge in [-0.3, -0.25) is 9.19 Å². The van der Waals surface area contributed by atoms with Gasteiger partial charge in [-0.2, -0.15) is 0 Å². The second kappa shape index (κ2) is 14.7. The number of ether oxygens (including phenoxy) is 3. The number of carboxylic acid groups (broad SMARTS) is 1. The normalized spacial score (nSPS) is 11.6. The van der Waals surface area contributed by atoms with Gasteiger partial charge in [0.1, 0.15) is 18.1 Å². The summed E-state index contributed by atoms with van der Waals surface area (Å²) in [6.45, 7) is 2.98. The number of aliphatic carboxylic acids is 1. The molecule has 0 saturated heterocycles. The van der Waals surface area contributed by atoms with Crippen molar-refractivity contribution >= 4 is 37.8 Å². The molecule has 2 heterocycles. The fourth-order valence-electron chi connectivity index (χ4n) is 3.72. The van der Waals surface area contributed by atoms with E-state index in [4.69, 9.17) is 9.47 Å². The third-order valence-electron chi connectivity index (χ3n) is 5.43. The molecule has 0 aliphatic rings. The van der Waals surface area contributed by atoms with E-state index in [1.807, 2.05) is 6.92 Å². The fraction of sp³-hybridized carbons (Fsp3) is 0.269. The molecule has 0 spiro atoms. The Balaban J connectivity index is 0.00000134. The van der Waals surface area contributed by atoms with E-state index in [0.717, 1.165) is 9.54 Å². The van der Waals surface area contributed by atoms with Crippen LogP contribution in [0.1, 0.15) is 16.8 Å². The molecule has 4 rings (SSSR count). The number of para-hydroxylation sites is 2. The first-order chi connectivity index (χ1) is 18.5. The maximum Gasteiger partial charge on any atom is 1.00 e. The molecule has 4 aromatic rings. The number of carbonyl (C=O) groups is 1. The number of hydrogen-bond donors (Lipinski definition) is 0. The Kier molecular flexibility index (Phi) is 12.3. The Labute approximate surface area is 257 Å². The van der Waals surface area contributed by atoms with Gasteiger partial charge in [0.05, 0.1) is 51.3 Å². The van der Waals surface area contributed by atoms with Crippen molar-refractivity contribution in [3.05, 3.63) is 71.5 Å². The zero-order valence-corrected chi connectivity index (χ0v) is 26.7. The minimum absolute atomic E-state index is 0. The molecule has 0 bridgehead atoms. The monoisotopic (exact) mass is 597 g/mol. The van der Waals surface area contributed by atoms with Crippen molar-refractivity contribution in [2.45, 2.75) is 29.7 Å². The molecule has 2 aromatic carbocycles. The Morgan fingerprint density at radius 2 is 1.68 bits per heavy atom. The molecule has 14 heteroatoms. The van der Waals surface area contributed by atoms with Crippen LogP contribution in [0.5, 0.6) is 11.5 Å². The third-order valence-corrected chi connectivity index (χ3v) is 8.48. The standard InChI is InChI=1S/C24H23N3O7S2.C2H6O.Na/c1-15-12-25-20(16(2)23(15)33-3)14-35(30)24-26-19-6-4-5-7-21(19)27(24)36(31,32)18-10-8-17(9-11-18)34-13-22(28)29;1-3-2;/h4-12H,13-14H2,1-3H3,(H,28,29);1-2H3;/q;;+1/p-1. The number of benzene rings is 2. The van der Waals surface area contributed by atoms with Gasteiger partial charge in [-0.15, -0.1) is 0 Å². The fourth-order valence-corrected chi connectivity index (χ4v) is 6.76. The van der Waals surface area contributed by atoms with Crippen molar-refractivity contribution < 1.29 is 66.3 Å². The van der Waals surface area contributed by atoms with E-state index < -0.39 is 33.4 Å². The van der Waals surface area contributed by atoms with Crippen LogP contribution in [0.3, 0.4) is 0 Å². The molecule has 208 valence electrons. The maximum atomic E-state index is 13.7. The van der Waals surface area contributed by atoms with E-state index in [1.54, 1.807) is 51.6 Å². The van der Waals surface area contributed by atoms with Crippen molar-refractivity contribution in [3.8, 4) is 11.5 Å². The number of carboxylic acids is 1. The number of rotatable bonds is 9. The van der Waals surface area contributed by atoms with Crippen LogP contribution in [0.25, 0.3) is 11.0 Å². The molecule has 0 amide bonds. The number of hydrogen-bond acceptors (Lipinski definition) is 10. The molecular formula is C26H28N3NaO8S2. The minimum atomic E-state index is -4.24. The summed E-state index contributed by atoms with van der Waals surface area (Å²) in [6.07, 6.45) is 1.61. The predicted molar refractivity (Wildman–Crippen MR) is 143 cm³/mol. The van der Waals surface area contributed by atoms with Crippen LogP contribution in [0.4, 0.5) is 0 Å². The van der Waals surface area contributed by atoms with E-state index in [9.17, 15) is 22.5 Å². The number of aryl methyl sites for hydroxylation is 1.